The molecule has 0 aromatic heterocycles. The highest BCUT2D eigenvalue weighted by Crippen LogP contribution is 2.29. The number of methoxy groups -OCH3 is 1. The number of carboxylic acids is 1. The van der Waals surface area contributed by atoms with Crippen molar-refractivity contribution in [3.8, 4) is 0 Å². The molecule has 14 heteroatoms. The minimum Gasteiger partial charge on any atom is -0.499 e. The molecule has 1 rings (SSSR count). The summed E-state index contributed by atoms with van der Waals surface area (Å²) in [6, 6.07) is 0. The number of ether oxygens (including phenoxy) is 3. The van der Waals surface area contributed by atoms with E-state index < -0.39 is 48.7 Å². The molecule has 346 valence electrons. The standard InChI is InChI=1S/C48H74N4O10/c1-9-24-39(60-8)38(32-53)51-45(57)36(5)29-22-14-12-10-11-13-21-28-35(4)43(61-47-42(56)40(54)41(55)44(62-47)46(58)59)37(6)31-34(3)27-20-17-19-26-33(2)25-18-15-16-23-30-52(7)48(49)50/h10-15,18-19,21-22,26,28-29,31-35,40-44,47,54-56H,9,16-17,20,23-25,27,30H2,1-8H3,(H3,49,50)(H,51,57)(H,58,59)/b12-10+,13-11+,18-15+,22-14+,26-19+,28-21+,36-29+,37-31+,39-38-. The van der Waals surface area contributed by atoms with Crippen LogP contribution >= 0.6 is 0 Å². The van der Waals surface area contributed by atoms with E-state index in [0.717, 1.165) is 57.1 Å². The molecule has 0 aliphatic carbocycles. The van der Waals surface area contributed by atoms with Crippen molar-refractivity contribution in [1.29, 1.82) is 5.41 Å². The molecule has 0 aromatic carbocycles. The average molecular weight is 867 g/mol. The Balaban J connectivity index is 2.94. The van der Waals surface area contributed by atoms with E-state index >= 15 is 0 Å². The smallest absolute Gasteiger partial charge is 0.335 e. The number of nitrogens with two attached hydrogens (primary N) is 1. The molecule has 0 spiro atoms. The van der Waals surface area contributed by atoms with Crippen molar-refractivity contribution in [2.75, 3.05) is 20.7 Å². The van der Waals surface area contributed by atoms with Crippen molar-refractivity contribution in [3.05, 3.63) is 108 Å². The third-order valence-electron chi connectivity index (χ3n) is 10.2. The summed E-state index contributed by atoms with van der Waals surface area (Å²) in [7, 11) is 3.28. The van der Waals surface area contributed by atoms with Gasteiger partial charge < -0.3 is 50.6 Å². The van der Waals surface area contributed by atoms with Crippen molar-refractivity contribution >= 4 is 24.1 Å². The van der Waals surface area contributed by atoms with Gasteiger partial charge in [0.1, 0.15) is 29.8 Å². The second-order valence-electron chi connectivity index (χ2n) is 15.8. The zero-order chi connectivity index (χ0) is 46.6. The van der Waals surface area contributed by atoms with E-state index in [4.69, 9.17) is 25.4 Å². The number of amides is 1. The molecule has 9 unspecified atom stereocenters. The SMILES string of the molecule is CCC/C(OC)=C(\C=O)NC(=O)/C(C)=C/C=C/C=C/C=C/C=C/C(C)C(OC1OC(C(=O)O)C(O)C(O)C1O)/C(C)=C/C(C)CCC/C=C/C(C)C/C=C/CCCN(C)C(=N)N. The summed E-state index contributed by atoms with van der Waals surface area (Å²) < 4.78 is 16.9. The maximum atomic E-state index is 12.5. The first-order valence-corrected chi connectivity index (χ1v) is 21.5. The lowest BCUT2D eigenvalue weighted by Crippen LogP contribution is -2.61. The van der Waals surface area contributed by atoms with Crippen LogP contribution in [0.2, 0.25) is 0 Å². The summed E-state index contributed by atoms with van der Waals surface area (Å²) in [6.45, 7) is 12.5. The van der Waals surface area contributed by atoms with Crippen molar-refractivity contribution in [2.24, 2.45) is 23.5 Å². The molecule has 14 nitrogen and oxygen atoms in total. The van der Waals surface area contributed by atoms with E-state index in [1.165, 1.54) is 7.11 Å². The Morgan fingerprint density at radius 1 is 0.903 bits per heavy atom. The number of hydrogen-bond acceptors (Lipinski definition) is 10. The van der Waals surface area contributed by atoms with Gasteiger partial charge >= 0.3 is 5.97 Å². The Bertz CT molecular complexity index is 1680. The van der Waals surface area contributed by atoms with Gasteiger partial charge in [0.15, 0.2) is 24.6 Å². The van der Waals surface area contributed by atoms with Gasteiger partial charge in [-0.3, -0.25) is 15.0 Å². The highest BCUT2D eigenvalue weighted by atomic mass is 16.7. The number of guanidine groups is 1. The predicted molar refractivity (Wildman–Crippen MR) is 244 cm³/mol. The molecular formula is C48H74N4O10. The third kappa shape index (κ3) is 21.3. The van der Waals surface area contributed by atoms with Crippen LogP contribution in [0.4, 0.5) is 0 Å². The van der Waals surface area contributed by atoms with Crippen LogP contribution in [-0.4, -0.2) is 107 Å². The maximum Gasteiger partial charge on any atom is 0.335 e. The van der Waals surface area contributed by atoms with Crippen LogP contribution in [0, 0.1) is 23.2 Å². The highest BCUT2D eigenvalue weighted by Gasteiger charge is 2.48. The lowest BCUT2D eigenvalue weighted by Gasteiger charge is -2.40. The van der Waals surface area contributed by atoms with Gasteiger partial charge in [0.05, 0.1) is 13.2 Å². The summed E-state index contributed by atoms with van der Waals surface area (Å²) in [5.74, 6) is -1.08. The Labute approximate surface area is 369 Å². The molecule has 0 saturated carbocycles. The summed E-state index contributed by atoms with van der Waals surface area (Å²) in [4.78, 5) is 37.5. The molecule has 1 amide bonds. The van der Waals surface area contributed by atoms with Crippen molar-refractivity contribution in [3.63, 3.8) is 0 Å². The summed E-state index contributed by atoms with van der Waals surface area (Å²) in [5, 5.41) is 51.0. The third-order valence-corrected chi connectivity index (χ3v) is 10.2. The minimum atomic E-state index is -1.83. The number of unbranched alkanes of at least 4 members (excludes halogenated alkanes) is 2. The molecule has 1 aliphatic heterocycles. The van der Waals surface area contributed by atoms with Crippen LogP contribution in [0.1, 0.15) is 92.9 Å². The van der Waals surface area contributed by atoms with Crippen molar-refractivity contribution in [1.82, 2.24) is 10.2 Å². The number of nitrogens with zero attached hydrogens (tertiary/aromatic N) is 1. The molecule has 0 bridgehead atoms. The monoisotopic (exact) mass is 867 g/mol. The average Bonchev–Trinajstić information content (AvgIpc) is 3.23. The molecular weight excluding hydrogens is 793 g/mol. The number of aldehydes is 1. The predicted octanol–water partition coefficient (Wildman–Crippen LogP) is 6.54. The molecule has 1 fully saturated rings. The van der Waals surface area contributed by atoms with Crippen LogP contribution < -0.4 is 11.1 Å². The Hall–Kier alpha value is -4.86. The highest BCUT2D eigenvalue weighted by molar-refractivity contribution is 5.97. The second kappa shape index (κ2) is 31.1. The number of aliphatic hydroxyl groups excluding tert-OH is 3. The number of aliphatic carboxylic acids is 1. The minimum absolute atomic E-state index is 0.0824. The van der Waals surface area contributed by atoms with Crippen LogP contribution in [-0.2, 0) is 28.6 Å². The number of hydrogen-bond donors (Lipinski definition) is 7. The molecule has 0 aromatic rings. The number of nitrogens with one attached hydrogen (secondary N) is 2. The molecule has 1 heterocycles. The van der Waals surface area contributed by atoms with Crippen LogP contribution in [0.25, 0.3) is 0 Å². The van der Waals surface area contributed by atoms with Gasteiger partial charge in [0, 0.05) is 31.5 Å². The van der Waals surface area contributed by atoms with Gasteiger partial charge in [-0.25, -0.2) is 4.79 Å². The normalized spacial score (nSPS) is 22.7. The molecule has 9 atom stereocenters. The Morgan fingerprint density at radius 2 is 1.55 bits per heavy atom. The summed E-state index contributed by atoms with van der Waals surface area (Å²) in [6.07, 6.45) is 25.3. The topological polar surface area (TPSA) is 225 Å². The first-order valence-electron chi connectivity index (χ1n) is 21.5. The summed E-state index contributed by atoms with van der Waals surface area (Å²) >= 11 is 0. The fraction of sp³-hybridized carbons (Fsp3) is 0.542. The number of carbonyl (C=O) groups is 3. The first kappa shape index (κ1) is 55.2. The number of carbonyl (C=O) groups excluding carboxylic acids is 2. The van der Waals surface area contributed by atoms with Crippen LogP contribution in [0.5, 0.6) is 0 Å². The van der Waals surface area contributed by atoms with E-state index in [9.17, 15) is 34.8 Å². The van der Waals surface area contributed by atoms with E-state index in [2.05, 4.69) is 49.5 Å². The van der Waals surface area contributed by atoms with Gasteiger partial charge in [-0.1, -0.05) is 113 Å². The first-order chi connectivity index (χ1) is 29.5. The number of rotatable bonds is 28. The Kier molecular flexibility index (Phi) is 27.6. The molecule has 8 N–H and O–H groups in total. The van der Waals surface area contributed by atoms with Gasteiger partial charge in [-0.2, -0.15) is 0 Å². The van der Waals surface area contributed by atoms with E-state index in [-0.39, 0.29) is 23.5 Å². The molecule has 1 aliphatic rings. The van der Waals surface area contributed by atoms with Gasteiger partial charge in [0.2, 0.25) is 0 Å². The number of aliphatic hydroxyl groups is 3. The molecule has 62 heavy (non-hydrogen) atoms. The lowest BCUT2D eigenvalue weighted by molar-refractivity contribution is -0.303. The maximum absolute atomic E-state index is 12.5. The van der Waals surface area contributed by atoms with Crippen molar-refractivity contribution in [2.45, 2.75) is 130 Å². The van der Waals surface area contributed by atoms with Crippen molar-refractivity contribution < 1.29 is 49.0 Å². The zero-order valence-corrected chi connectivity index (χ0v) is 38.0. The van der Waals surface area contributed by atoms with E-state index in [0.29, 0.717) is 30.0 Å². The largest absolute Gasteiger partial charge is 0.499 e. The van der Waals surface area contributed by atoms with E-state index in [1.54, 1.807) is 42.2 Å². The van der Waals surface area contributed by atoms with Crippen LogP contribution in [0.15, 0.2) is 108 Å². The second-order valence-corrected chi connectivity index (χ2v) is 15.8. The quantitative estimate of drug-likeness (QED) is 0.00651. The zero-order valence-electron chi connectivity index (χ0n) is 38.0. The Morgan fingerprint density at radius 3 is 2.16 bits per heavy atom. The molecule has 0 radical (unpaired) electrons. The fourth-order valence-corrected chi connectivity index (χ4v) is 6.44. The number of allylic oxidation sites excluding steroid dienone is 15. The number of carboxylic acid groups (broad SMARTS) is 1. The van der Waals surface area contributed by atoms with Gasteiger partial charge in [-0.05, 0) is 76.2 Å². The molecule has 1 saturated heterocycles. The lowest BCUT2D eigenvalue weighted by atomic mass is 9.92. The van der Waals surface area contributed by atoms with Gasteiger partial charge in [-0.15, -0.1) is 0 Å². The summed E-state index contributed by atoms with van der Waals surface area (Å²) in [5.41, 5.74) is 6.83. The fourth-order valence-electron chi connectivity index (χ4n) is 6.44. The van der Waals surface area contributed by atoms with Gasteiger partial charge in [0.25, 0.3) is 5.91 Å². The van der Waals surface area contributed by atoms with E-state index in [1.807, 2.05) is 52.1 Å². The van der Waals surface area contributed by atoms with Crippen LogP contribution in [0.3, 0.4) is 0 Å².